The highest BCUT2D eigenvalue weighted by atomic mass is 16.5. The number of aryl methyl sites for hydroxylation is 1. The normalized spacial score (nSPS) is 24.3. The minimum absolute atomic E-state index is 0.0197. The molecule has 4 atom stereocenters. The van der Waals surface area contributed by atoms with Crippen LogP contribution in [0, 0.1) is 12.8 Å². The first-order valence-electron chi connectivity index (χ1n) is 13.8. The van der Waals surface area contributed by atoms with Crippen LogP contribution in [-0.2, 0) is 9.53 Å². The molecule has 0 aromatic heterocycles. The zero-order valence-corrected chi connectivity index (χ0v) is 23.0. The van der Waals surface area contributed by atoms with Gasteiger partial charge in [0, 0.05) is 38.4 Å². The molecule has 0 bridgehead atoms. The summed E-state index contributed by atoms with van der Waals surface area (Å²) in [7, 11) is 1.66. The molecule has 0 aliphatic carbocycles. The number of fused-ring (bicyclic) bond motifs is 1. The Bertz CT molecular complexity index is 899. The van der Waals surface area contributed by atoms with E-state index >= 15 is 0 Å². The average molecular weight is 498 g/mol. The van der Waals surface area contributed by atoms with Gasteiger partial charge in [-0.25, -0.2) is 5.43 Å². The molecule has 0 spiro atoms. The maximum absolute atomic E-state index is 13.6. The number of benzene rings is 1. The monoisotopic (exact) mass is 497 g/mol. The van der Waals surface area contributed by atoms with E-state index in [1.54, 1.807) is 7.11 Å². The summed E-state index contributed by atoms with van der Waals surface area (Å²) >= 11 is 0. The molecule has 2 fully saturated rings. The van der Waals surface area contributed by atoms with Crippen molar-refractivity contribution < 1.29 is 9.53 Å². The molecule has 0 radical (unpaired) electrons. The predicted octanol–water partition coefficient (Wildman–Crippen LogP) is 4.32. The van der Waals surface area contributed by atoms with Crippen LogP contribution in [0.3, 0.4) is 0 Å². The number of hydrogen-bond donors (Lipinski definition) is 2. The zero-order valence-electron chi connectivity index (χ0n) is 23.0. The molecule has 7 heteroatoms. The fourth-order valence-electron chi connectivity index (χ4n) is 5.34. The number of carbonyl (C=O) groups is 1. The lowest BCUT2D eigenvalue weighted by Gasteiger charge is -2.42. The number of unbranched alkanes of at least 4 members (excludes halogenated alkanes) is 2. The molecule has 7 nitrogen and oxygen atoms in total. The van der Waals surface area contributed by atoms with Gasteiger partial charge in [-0.3, -0.25) is 9.80 Å². The molecule has 200 valence electrons. The third-order valence-electron chi connectivity index (χ3n) is 7.52. The van der Waals surface area contributed by atoms with Gasteiger partial charge in [0.15, 0.2) is 0 Å². The molecule has 36 heavy (non-hydrogen) atoms. The van der Waals surface area contributed by atoms with Gasteiger partial charge in [0.05, 0.1) is 18.6 Å². The smallest absolute Gasteiger partial charge is 0.271 e. The highest BCUT2D eigenvalue weighted by molar-refractivity contribution is 5.94. The van der Waals surface area contributed by atoms with Crippen LogP contribution in [0.4, 0.5) is 0 Å². The van der Waals surface area contributed by atoms with Crippen LogP contribution in [0.2, 0.25) is 0 Å². The molecule has 3 N–H and O–H groups in total. The number of piperazine rings is 1. The Kier molecular flexibility index (Phi) is 10.4. The van der Waals surface area contributed by atoms with E-state index in [0.29, 0.717) is 19.0 Å². The second kappa shape index (κ2) is 13.3. The summed E-state index contributed by atoms with van der Waals surface area (Å²) < 4.78 is 5.33. The van der Waals surface area contributed by atoms with Crippen LogP contribution < -0.4 is 11.2 Å². The number of hydrogen-bond acceptors (Lipinski definition) is 6. The van der Waals surface area contributed by atoms with Gasteiger partial charge in [-0.2, -0.15) is 0 Å². The zero-order chi connectivity index (χ0) is 26.2. The number of nitrogens with zero attached hydrogens (tertiary/aromatic N) is 3. The summed E-state index contributed by atoms with van der Waals surface area (Å²) in [5.41, 5.74) is 13.9. The standard InChI is InChI=1S/C27H41N5O2.C2H6/c1-5-6-7-8-23-18-31(16-20(3)30-14-13-22(17-30)26(28)34-4)27(33)25-15-24(29-32(23)25)21-11-9-19(2)10-12-21;1-2/h9-12,15,22-24,26,29H,3,5-8,13-14,16-18,28H2,1-2,4H3;1-2H3. The predicted molar refractivity (Wildman–Crippen MR) is 147 cm³/mol. The van der Waals surface area contributed by atoms with Gasteiger partial charge in [0.1, 0.15) is 11.9 Å². The van der Waals surface area contributed by atoms with E-state index in [1.807, 2.05) is 18.7 Å². The number of rotatable bonds is 10. The van der Waals surface area contributed by atoms with E-state index in [9.17, 15) is 4.79 Å². The Morgan fingerprint density at radius 1 is 1.22 bits per heavy atom. The molecule has 4 unspecified atom stereocenters. The summed E-state index contributed by atoms with van der Waals surface area (Å²) in [5.74, 6) is 0.382. The molecule has 4 rings (SSSR count). The average Bonchev–Trinajstić information content (AvgIpc) is 3.57. The lowest BCUT2D eigenvalue weighted by molar-refractivity contribution is -0.134. The topological polar surface area (TPSA) is 74.1 Å². The number of ether oxygens (including phenoxy) is 1. The molecule has 3 heterocycles. The summed E-state index contributed by atoms with van der Waals surface area (Å²) in [6.45, 7) is 15.7. The fraction of sp³-hybridized carbons (Fsp3) is 0.621. The molecule has 1 amide bonds. The lowest BCUT2D eigenvalue weighted by Crippen LogP contribution is -2.57. The molecule has 3 aliphatic rings. The van der Waals surface area contributed by atoms with Gasteiger partial charge in [-0.05, 0) is 31.4 Å². The van der Waals surface area contributed by atoms with Gasteiger partial charge >= 0.3 is 0 Å². The number of carbonyl (C=O) groups excluding carboxylic acids is 1. The van der Waals surface area contributed by atoms with Crippen LogP contribution >= 0.6 is 0 Å². The van der Waals surface area contributed by atoms with Crippen molar-refractivity contribution in [2.45, 2.75) is 78.1 Å². The Morgan fingerprint density at radius 3 is 2.61 bits per heavy atom. The number of nitrogens with one attached hydrogen (secondary N) is 1. The van der Waals surface area contributed by atoms with Gasteiger partial charge in [-0.15, -0.1) is 0 Å². The van der Waals surface area contributed by atoms with Crippen molar-refractivity contribution >= 4 is 5.91 Å². The first-order valence-corrected chi connectivity index (χ1v) is 13.8. The highest BCUT2D eigenvalue weighted by Gasteiger charge is 2.41. The van der Waals surface area contributed by atoms with Gasteiger partial charge in [-0.1, -0.05) is 76.4 Å². The van der Waals surface area contributed by atoms with Gasteiger partial charge in [0.25, 0.3) is 5.91 Å². The van der Waals surface area contributed by atoms with E-state index in [0.717, 1.165) is 43.7 Å². The minimum Gasteiger partial charge on any atom is -0.373 e. The van der Waals surface area contributed by atoms with Crippen molar-refractivity contribution in [3.8, 4) is 0 Å². The van der Waals surface area contributed by atoms with Crippen molar-refractivity contribution in [3.05, 3.63) is 59.4 Å². The van der Waals surface area contributed by atoms with Gasteiger partial charge in [0.2, 0.25) is 0 Å². The molecular weight excluding hydrogens is 450 g/mol. The Labute approximate surface area is 218 Å². The Morgan fingerprint density at radius 2 is 1.94 bits per heavy atom. The van der Waals surface area contributed by atoms with E-state index < -0.39 is 0 Å². The third-order valence-corrected chi connectivity index (χ3v) is 7.52. The van der Waals surface area contributed by atoms with Crippen LogP contribution in [0.25, 0.3) is 0 Å². The summed E-state index contributed by atoms with van der Waals surface area (Å²) in [6.07, 6.45) is 7.45. The molecule has 0 saturated carbocycles. The SMILES string of the molecule is C=C(CN1CC(CCCCC)N2NC(c3ccc(C)cc3)C=C2C1=O)N1CCC(C(N)OC)C1.CC. The Balaban J connectivity index is 0.00000176. The fourth-order valence-corrected chi connectivity index (χ4v) is 5.34. The van der Waals surface area contributed by atoms with Crippen LogP contribution in [0.15, 0.2) is 48.3 Å². The second-order valence-electron chi connectivity index (χ2n) is 10.0. The van der Waals surface area contributed by atoms with Crippen LogP contribution in [0.1, 0.15) is 70.0 Å². The van der Waals surface area contributed by atoms with Crippen LogP contribution in [-0.4, -0.2) is 66.3 Å². The van der Waals surface area contributed by atoms with Crippen LogP contribution in [0.5, 0.6) is 0 Å². The first kappa shape index (κ1) is 28.2. The summed E-state index contributed by atoms with van der Waals surface area (Å²) in [5, 5.41) is 2.14. The molecule has 2 saturated heterocycles. The maximum Gasteiger partial charge on any atom is 0.271 e. The van der Waals surface area contributed by atoms with Crippen molar-refractivity contribution in [1.82, 2.24) is 20.2 Å². The number of amides is 1. The largest absolute Gasteiger partial charge is 0.373 e. The van der Waals surface area contributed by atoms with E-state index in [1.165, 1.54) is 24.0 Å². The highest BCUT2D eigenvalue weighted by Crippen LogP contribution is 2.33. The molecule has 1 aromatic rings. The van der Waals surface area contributed by atoms with Crippen molar-refractivity contribution in [1.29, 1.82) is 0 Å². The number of methoxy groups -OCH3 is 1. The third kappa shape index (κ3) is 6.50. The first-order chi connectivity index (χ1) is 17.4. The Hall–Kier alpha value is -2.35. The van der Waals surface area contributed by atoms with E-state index in [4.69, 9.17) is 10.5 Å². The quantitative estimate of drug-likeness (QED) is 0.370. The molecule has 1 aromatic carbocycles. The second-order valence-corrected chi connectivity index (χ2v) is 10.0. The summed E-state index contributed by atoms with van der Waals surface area (Å²) in [6, 6.07) is 8.82. The lowest BCUT2D eigenvalue weighted by atomic mass is 10.0. The number of hydrazine groups is 1. The van der Waals surface area contributed by atoms with Crippen molar-refractivity contribution in [3.63, 3.8) is 0 Å². The number of likely N-dealkylation sites (tertiary alicyclic amines) is 1. The van der Waals surface area contributed by atoms with E-state index in [2.05, 4.69) is 66.1 Å². The van der Waals surface area contributed by atoms with E-state index in [-0.39, 0.29) is 24.2 Å². The molecule has 3 aliphatic heterocycles. The van der Waals surface area contributed by atoms with Gasteiger partial charge < -0.3 is 20.3 Å². The maximum atomic E-state index is 13.6. The minimum atomic E-state index is -0.251. The molecular formula is C29H47N5O2. The number of nitrogens with two attached hydrogens (primary N) is 1. The summed E-state index contributed by atoms with van der Waals surface area (Å²) in [4.78, 5) is 17.8. The van der Waals surface area contributed by atoms with Crippen molar-refractivity contribution in [2.75, 3.05) is 33.3 Å². The van der Waals surface area contributed by atoms with Crippen molar-refractivity contribution in [2.24, 2.45) is 11.7 Å².